The third kappa shape index (κ3) is 4.14. The third-order valence-electron chi connectivity index (χ3n) is 5.69. The molecular formula is C25H22FNO4. The number of rotatable bonds is 5. The Labute approximate surface area is 179 Å². The van der Waals surface area contributed by atoms with Gasteiger partial charge in [0.25, 0.3) is 0 Å². The van der Waals surface area contributed by atoms with E-state index in [0.717, 1.165) is 5.56 Å². The van der Waals surface area contributed by atoms with Crippen molar-refractivity contribution in [3.8, 4) is 5.75 Å². The van der Waals surface area contributed by atoms with Crippen molar-refractivity contribution in [2.75, 3.05) is 7.11 Å². The van der Waals surface area contributed by atoms with Crippen LogP contribution >= 0.6 is 0 Å². The van der Waals surface area contributed by atoms with E-state index in [1.165, 1.54) is 12.1 Å². The van der Waals surface area contributed by atoms with Crippen LogP contribution in [0.1, 0.15) is 34.2 Å². The molecular weight excluding hydrogens is 397 g/mol. The number of ether oxygens (including phenoxy) is 1. The second-order valence-corrected chi connectivity index (χ2v) is 7.56. The molecule has 31 heavy (non-hydrogen) atoms. The summed E-state index contributed by atoms with van der Waals surface area (Å²) in [5.41, 5.74) is 2.72. The van der Waals surface area contributed by atoms with E-state index in [4.69, 9.17) is 4.74 Å². The fourth-order valence-electron chi connectivity index (χ4n) is 4.18. The third-order valence-corrected chi connectivity index (χ3v) is 5.69. The van der Waals surface area contributed by atoms with Crippen LogP contribution in [0.25, 0.3) is 0 Å². The number of carboxylic acid groups (broad SMARTS) is 1. The molecule has 3 aromatic rings. The summed E-state index contributed by atoms with van der Waals surface area (Å²) in [6.45, 7) is 0.225. The van der Waals surface area contributed by atoms with Gasteiger partial charge in [-0.1, -0.05) is 48.5 Å². The maximum Gasteiger partial charge on any atom is 0.313 e. The number of nitrogens with zero attached hydrogens (tertiary/aromatic N) is 1. The molecule has 1 N–H and O–H groups in total. The summed E-state index contributed by atoms with van der Waals surface area (Å²) in [6.07, 6.45) is 0.105. The molecule has 0 saturated heterocycles. The van der Waals surface area contributed by atoms with Crippen molar-refractivity contribution in [3.05, 3.63) is 101 Å². The van der Waals surface area contributed by atoms with Crippen LogP contribution < -0.4 is 4.74 Å². The molecule has 0 aliphatic carbocycles. The first-order chi connectivity index (χ1) is 15.0. The molecule has 1 aliphatic rings. The molecule has 5 nitrogen and oxygen atoms in total. The highest BCUT2D eigenvalue weighted by atomic mass is 19.1. The molecule has 0 radical (unpaired) electrons. The van der Waals surface area contributed by atoms with Gasteiger partial charge in [-0.15, -0.1) is 0 Å². The minimum absolute atomic E-state index is 0.105. The number of carbonyl (C=O) groups is 2. The van der Waals surface area contributed by atoms with E-state index >= 15 is 0 Å². The zero-order chi connectivity index (χ0) is 22.0. The van der Waals surface area contributed by atoms with Gasteiger partial charge in [-0.25, -0.2) is 4.39 Å². The maximum absolute atomic E-state index is 13.6. The fourth-order valence-corrected chi connectivity index (χ4v) is 4.18. The topological polar surface area (TPSA) is 66.8 Å². The normalized spacial score (nSPS) is 18.3. The zero-order valence-electron chi connectivity index (χ0n) is 17.0. The SMILES string of the molecule is COc1ccc(CN2C(=O)Cc3ccccc3C(C(=O)O)C2c2ccc(F)cc2)cc1. The molecule has 2 atom stereocenters. The van der Waals surface area contributed by atoms with Crippen molar-refractivity contribution in [2.45, 2.75) is 24.9 Å². The van der Waals surface area contributed by atoms with Gasteiger partial charge in [-0.05, 0) is 46.5 Å². The van der Waals surface area contributed by atoms with Gasteiger partial charge in [0.05, 0.1) is 19.6 Å². The molecule has 1 heterocycles. The van der Waals surface area contributed by atoms with E-state index in [9.17, 15) is 19.1 Å². The van der Waals surface area contributed by atoms with Crippen LogP contribution in [-0.2, 0) is 22.6 Å². The molecule has 0 aromatic heterocycles. The molecule has 0 saturated carbocycles. The highest BCUT2D eigenvalue weighted by Crippen LogP contribution is 2.41. The van der Waals surface area contributed by atoms with Crippen molar-refractivity contribution < 1.29 is 23.8 Å². The Morgan fingerprint density at radius 2 is 1.74 bits per heavy atom. The fraction of sp³-hybridized carbons (Fsp3) is 0.200. The van der Waals surface area contributed by atoms with E-state index in [-0.39, 0.29) is 18.9 Å². The number of carboxylic acids is 1. The van der Waals surface area contributed by atoms with Crippen molar-refractivity contribution in [3.63, 3.8) is 0 Å². The van der Waals surface area contributed by atoms with E-state index in [1.807, 2.05) is 12.1 Å². The zero-order valence-corrected chi connectivity index (χ0v) is 17.0. The van der Waals surface area contributed by atoms with Crippen molar-refractivity contribution in [1.82, 2.24) is 4.90 Å². The van der Waals surface area contributed by atoms with Crippen molar-refractivity contribution >= 4 is 11.9 Å². The average molecular weight is 419 g/mol. The van der Waals surface area contributed by atoms with E-state index in [1.54, 1.807) is 60.5 Å². The molecule has 2 unspecified atom stereocenters. The molecule has 3 aromatic carbocycles. The number of fused-ring (bicyclic) bond motifs is 1. The van der Waals surface area contributed by atoms with Crippen LogP contribution in [0.4, 0.5) is 4.39 Å². The predicted octanol–water partition coefficient (Wildman–Crippen LogP) is 4.33. The Morgan fingerprint density at radius 1 is 1.06 bits per heavy atom. The molecule has 6 heteroatoms. The van der Waals surface area contributed by atoms with Crippen LogP contribution in [0.2, 0.25) is 0 Å². The number of hydrogen-bond donors (Lipinski definition) is 1. The summed E-state index contributed by atoms with van der Waals surface area (Å²) in [6, 6.07) is 19.3. The molecule has 158 valence electrons. The molecule has 0 spiro atoms. The first kappa shape index (κ1) is 20.6. The standard InChI is InChI=1S/C25H22FNO4/c1-31-20-12-6-16(7-13-20)15-27-22(28)14-18-4-2-3-5-21(18)23(25(29)30)24(27)17-8-10-19(26)11-9-17/h2-13,23-24H,14-15H2,1H3,(H,29,30). The lowest BCUT2D eigenvalue weighted by Crippen LogP contribution is -2.38. The highest BCUT2D eigenvalue weighted by molar-refractivity contribution is 5.86. The molecule has 0 fully saturated rings. The van der Waals surface area contributed by atoms with Crippen LogP contribution in [0.15, 0.2) is 72.8 Å². The first-order valence-corrected chi connectivity index (χ1v) is 9.96. The number of aliphatic carboxylic acids is 1. The Kier molecular flexibility index (Phi) is 5.71. The van der Waals surface area contributed by atoms with E-state index < -0.39 is 23.7 Å². The summed E-state index contributed by atoms with van der Waals surface area (Å²) >= 11 is 0. The number of methoxy groups -OCH3 is 1. The van der Waals surface area contributed by atoms with E-state index in [0.29, 0.717) is 22.4 Å². The van der Waals surface area contributed by atoms with Gasteiger partial charge in [-0.2, -0.15) is 0 Å². The van der Waals surface area contributed by atoms with Crippen LogP contribution in [0.5, 0.6) is 5.75 Å². The maximum atomic E-state index is 13.6. The second-order valence-electron chi connectivity index (χ2n) is 7.56. The predicted molar refractivity (Wildman–Crippen MR) is 113 cm³/mol. The number of amides is 1. The monoisotopic (exact) mass is 419 g/mol. The smallest absolute Gasteiger partial charge is 0.313 e. The summed E-state index contributed by atoms with van der Waals surface area (Å²) in [7, 11) is 1.58. The number of carbonyl (C=O) groups excluding carboxylic acids is 1. The van der Waals surface area contributed by atoms with Gasteiger partial charge in [-0.3, -0.25) is 9.59 Å². The summed E-state index contributed by atoms with van der Waals surface area (Å²) in [4.78, 5) is 27.4. The van der Waals surface area contributed by atoms with Gasteiger partial charge in [0.15, 0.2) is 0 Å². The van der Waals surface area contributed by atoms with Gasteiger partial charge < -0.3 is 14.7 Å². The Balaban J connectivity index is 1.84. The van der Waals surface area contributed by atoms with Crippen LogP contribution in [0, 0.1) is 5.82 Å². The lowest BCUT2D eigenvalue weighted by Gasteiger charge is -2.34. The second kappa shape index (κ2) is 8.60. The van der Waals surface area contributed by atoms with Gasteiger partial charge in [0.2, 0.25) is 5.91 Å². The van der Waals surface area contributed by atoms with Gasteiger partial charge in [0, 0.05) is 6.54 Å². The largest absolute Gasteiger partial charge is 0.497 e. The number of benzene rings is 3. The van der Waals surface area contributed by atoms with Crippen molar-refractivity contribution in [2.24, 2.45) is 0 Å². The Hall–Kier alpha value is -3.67. The Bertz CT molecular complexity index is 1100. The Morgan fingerprint density at radius 3 is 2.39 bits per heavy atom. The minimum atomic E-state index is -1.03. The summed E-state index contributed by atoms with van der Waals surface area (Å²) in [5.74, 6) is -1.92. The number of hydrogen-bond acceptors (Lipinski definition) is 3. The average Bonchev–Trinajstić information content (AvgIpc) is 2.89. The highest BCUT2D eigenvalue weighted by Gasteiger charge is 2.41. The molecule has 0 bridgehead atoms. The molecule has 4 rings (SSSR count). The molecule has 1 amide bonds. The van der Waals surface area contributed by atoms with E-state index in [2.05, 4.69) is 0 Å². The summed E-state index contributed by atoms with van der Waals surface area (Å²) < 4.78 is 18.8. The quantitative estimate of drug-likeness (QED) is 0.669. The first-order valence-electron chi connectivity index (χ1n) is 9.96. The lowest BCUT2D eigenvalue weighted by atomic mass is 9.84. The van der Waals surface area contributed by atoms with Crippen LogP contribution in [0.3, 0.4) is 0 Å². The van der Waals surface area contributed by atoms with Crippen molar-refractivity contribution in [1.29, 1.82) is 0 Å². The van der Waals surface area contributed by atoms with Crippen LogP contribution in [-0.4, -0.2) is 29.0 Å². The van der Waals surface area contributed by atoms with Gasteiger partial charge in [0.1, 0.15) is 17.5 Å². The lowest BCUT2D eigenvalue weighted by molar-refractivity contribution is -0.143. The number of halogens is 1. The molecule has 1 aliphatic heterocycles. The van der Waals surface area contributed by atoms with Gasteiger partial charge >= 0.3 is 5.97 Å². The minimum Gasteiger partial charge on any atom is -0.497 e. The summed E-state index contributed by atoms with van der Waals surface area (Å²) in [5, 5.41) is 10.2.